The van der Waals surface area contributed by atoms with E-state index < -0.39 is 5.60 Å². The second-order valence-electron chi connectivity index (χ2n) is 5.68. The molecule has 0 saturated carbocycles. The Hall–Kier alpha value is -2.32. The number of terminal acetylenes is 1. The fraction of sp³-hybridized carbons (Fsp3) is 0.333. The Bertz CT molecular complexity index is 675. The average molecular weight is 339 g/mol. The van der Waals surface area contributed by atoms with Gasteiger partial charge in [-0.2, -0.15) is 4.89 Å². The third-order valence-corrected chi connectivity index (χ3v) is 4.21. The molecule has 0 saturated heterocycles. The zero-order valence-corrected chi connectivity index (χ0v) is 14.8. The molecule has 4 nitrogen and oxygen atoms in total. The van der Waals surface area contributed by atoms with Gasteiger partial charge in [-0.3, -0.25) is 0 Å². The van der Waals surface area contributed by atoms with Crippen molar-refractivity contribution in [2.24, 2.45) is 0 Å². The van der Waals surface area contributed by atoms with Crippen molar-refractivity contribution >= 4 is 0 Å². The zero-order valence-electron chi connectivity index (χ0n) is 14.8. The first kappa shape index (κ1) is 19.0. The number of aliphatic hydroxyl groups is 1. The fourth-order valence-corrected chi connectivity index (χ4v) is 2.58. The Morgan fingerprint density at radius 2 is 1.60 bits per heavy atom. The number of nitrogens with zero attached hydrogens (tertiary/aromatic N) is 1. The van der Waals surface area contributed by atoms with Gasteiger partial charge in [0.25, 0.3) is 0 Å². The van der Waals surface area contributed by atoms with Gasteiger partial charge in [-0.15, -0.1) is 6.42 Å². The van der Waals surface area contributed by atoms with Gasteiger partial charge in [0.05, 0.1) is 0 Å². The topological polar surface area (TPSA) is 41.9 Å². The SMILES string of the molecule is C#CC(O)(c1ccccc1)c1ccc(OOCCN(CC)CC)cc1. The van der Waals surface area contributed by atoms with Crippen LogP contribution in [0.2, 0.25) is 0 Å². The smallest absolute Gasteiger partial charge is 0.176 e. The highest BCUT2D eigenvalue weighted by molar-refractivity contribution is 5.44. The lowest BCUT2D eigenvalue weighted by Gasteiger charge is -2.23. The van der Waals surface area contributed by atoms with E-state index in [1.165, 1.54) is 0 Å². The van der Waals surface area contributed by atoms with Crippen LogP contribution in [0.4, 0.5) is 0 Å². The monoisotopic (exact) mass is 339 g/mol. The summed E-state index contributed by atoms with van der Waals surface area (Å²) in [4.78, 5) is 12.8. The van der Waals surface area contributed by atoms with Crippen LogP contribution in [0.15, 0.2) is 54.6 Å². The van der Waals surface area contributed by atoms with Gasteiger partial charge in [0.2, 0.25) is 0 Å². The Labute approximate surface area is 149 Å². The minimum Gasteiger partial charge on any atom is -0.369 e. The molecule has 0 radical (unpaired) electrons. The lowest BCUT2D eigenvalue weighted by molar-refractivity contribution is -0.208. The highest BCUT2D eigenvalue weighted by Gasteiger charge is 2.28. The number of hydrogen-bond acceptors (Lipinski definition) is 4. The van der Waals surface area contributed by atoms with Crippen LogP contribution in [0, 0.1) is 12.3 Å². The zero-order chi connectivity index (χ0) is 18.1. The fourth-order valence-electron chi connectivity index (χ4n) is 2.58. The first-order valence-electron chi connectivity index (χ1n) is 8.52. The Morgan fingerprint density at radius 1 is 1.00 bits per heavy atom. The van der Waals surface area contributed by atoms with Crippen LogP contribution in [0.5, 0.6) is 5.75 Å². The van der Waals surface area contributed by atoms with Gasteiger partial charge in [-0.25, -0.2) is 0 Å². The van der Waals surface area contributed by atoms with Crippen LogP contribution in [-0.2, 0) is 10.5 Å². The first-order valence-corrected chi connectivity index (χ1v) is 8.52. The average Bonchev–Trinajstić information content (AvgIpc) is 2.68. The van der Waals surface area contributed by atoms with E-state index in [4.69, 9.17) is 16.2 Å². The van der Waals surface area contributed by atoms with Crippen molar-refractivity contribution in [1.29, 1.82) is 0 Å². The lowest BCUT2D eigenvalue weighted by Crippen LogP contribution is -2.27. The van der Waals surface area contributed by atoms with Crippen LogP contribution in [0.3, 0.4) is 0 Å². The molecule has 0 aliphatic heterocycles. The molecule has 0 fully saturated rings. The number of rotatable bonds is 9. The molecule has 2 aromatic rings. The first-order chi connectivity index (χ1) is 12.1. The van der Waals surface area contributed by atoms with E-state index in [2.05, 4.69) is 24.7 Å². The highest BCUT2D eigenvalue weighted by atomic mass is 17.2. The quantitative estimate of drug-likeness (QED) is 0.330. The summed E-state index contributed by atoms with van der Waals surface area (Å²) in [6.45, 7) is 7.50. The molecule has 0 aliphatic rings. The summed E-state index contributed by atoms with van der Waals surface area (Å²) >= 11 is 0. The van der Waals surface area contributed by atoms with Gasteiger partial charge in [-0.1, -0.05) is 62.2 Å². The van der Waals surface area contributed by atoms with Gasteiger partial charge in [0.15, 0.2) is 11.4 Å². The van der Waals surface area contributed by atoms with Gasteiger partial charge >= 0.3 is 0 Å². The molecule has 0 heterocycles. The summed E-state index contributed by atoms with van der Waals surface area (Å²) in [7, 11) is 0. The third kappa shape index (κ3) is 4.83. The molecule has 1 unspecified atom stereocenters. The van der Waals surface area contributed by atoms with Crippen molar-refractivity contribution in [1.82, 2.24) is 4.90 Å². The van der Waals surface area contributed by atoms with E-state index in [-0.39, 0.29) is 0 Å². The van der Waals surface area contributed by atoms with Crippen molar-refractivity contribution in [3.8, 4) is 18.1 Å². The molecule has 132 valence electrons. The molecule has 1 atom stereocenters. The van der Waals surface area contributed by atoms with Gasteiger partial charge in [0.1, 0.15) is 6.61 Å². The molecule has 0 aliphatic carbocycles. The minimum atomic E-state index is -1.47. The predicted molar refractivity (Wildman–Crippen MR) is 99.1 cm³/mol. The summed E-state index contributed by atoms with van der Waals surface area (Å²) in [6.07, 6.45) is 5.60. The maximum Gasteiger partial charge on any atom is 0.176 e. The highest BCUT2D eigenvalue weighted by Crippen LogP contribution is 2.30. The summed E-state index contributed by atoms with van der Waals surface area (Å²) in [6, 6.07) is 16.1. The van der Waals surface area contributed by atoms with E-state index >= 15 is 0 Å². The van der Waals surface area contributed by atoms with E-state index in [0.717, 1.165) is 19.6 Å². The third-order valence-electron chi connectivity index (χ3n) is 4.21. The van der Waals surface area contributed by atoms with Crippen LogP contribution in [0.25, 0.3) is 0 Å². The summed E-state index contributed by atoms with van der Waals surface area (Å²) in [5, 5.41) is 10.9. The molecular formula is C21H25NO3. The van der Waals surface area contributed by atoms with Gasteiger partial charge < -0.3 is 14.9 Å². The molecule has 1 N–H and O–H groups in total. The van der Waals surface area contributed by atoms with Crippen molar-refractivity contribution in [2.45, 2.75) is 19.4 Å². The summed E-state index contributed by atoms with van der Waals surface area (Å²) in [5.41, 5.74) is -0.207. The van der Waals surface area contributed by atoms with E-state index in [1.807, 2.05) is 18.2 Å². The van der Waals surface area contributed by atoms with Crippen molar-refractivity contribution < 1.29 is 14.9 Å². The van der Waals surface area contributed by atoms with Crippen LogP contribution >= 0.6 is 0 Å². The molecule has 2 rings (SSSR count). The van der Waals surface area contributed by atoms with E-state index in [1.54, 1.807) is 36.4 Å². The molecule has 2 aromatic carbocycles. The van der Waals surface area contributed by atoms with Crippen molar-refractivity contribution in [3.63, 3.8) is 0 Å². The van der Waals surface area contributed by atoms with E-state index in [0.29, 0.717) is 23.5 Å². The van der Waals surface area contributed by atoms with Crippen molar-refractivity contribution in [2.75, 3.05) is 26.2 Å². The molecule has 4 heteroatoms. The maximum atomic E-state index is 10.9. The molecule has 0 aromatic heterocycles. The lowest BCUT2D eigenvalue weighted by atomic mass is 9.87. The van der Waals surface area contributed by atoms with Crippen LogP contribution < -0.4 is 4.89 Å². The second kappa shape index (κ2) is 9.24. The normalized spacial score (nSPS) is 13.2. The Morgan fingerprint density at radius 3 is 2.16 bits per heavy atom. The largest absolute Gasteiger partial charge is 0.369 e. The maximum absolute atomic E-state index is 10.9. The molecule has 0 spiro atoms. The number of hydrogen-bond donors (Lipinski definition) is 1. The number of benzene rings is 2. The molecule has 0 amide bonds. The van der Waals surface area contributed by atoms with Gasteiger partial charge in [-0.05, 0) is 25.2 Å². The van der Waals surface area contributed by atoms with Crippen LogP contribution in [-0.4, -0.2) is 36.2 Å². The Balaban J connectivity index is 1.98. The van der Waals surface area contributed by atoms with Gasteiger partial charge in [0, 0.05) is 17.7 Å². The summed E-state index contributed by atoms with van der Waals surface area (Å²) < 4.78 is 0. The Kier molecular flexibility index (Phi) is 7.03. The van der Waals surface area contributed by atoms with E-state index in [9.17, 15) is 5.11 Å². The molecule has 25 heavy (non-hydrogen) atoms. The summed E-state index contributed by atoms with van der Waals surface area (Å²) in [5.74, 6) is 3.05. The molecule has 0 bridgehead atoms. The second-order valence-corrected chi connectivity index (χ2v) is 5.68. The number of likely N-dealkylation sites (N-methyl/N-ethyl adjacent to an activating group) is 1. The minimum absolute atomic E-state index is 0.488. The van der Waals surface area contributed by atoms with Crippen LogP contribution in [0.1, 0.15) is 25.0 Å². The predicted octanol–water partition coefficient (Wildman–Crippen LogP) is 3.21. The van der Waals surface area contributed by atoms with Crippen molar-refractivity contribution in [3.05, 3.63) is 65.7 Å². The molecular weight excluding hydrogens is 314 g/mol. The standard InChI is InChI=1S/C21H25NO3/c1-4-21(23,18-10-8-7-9-11-18)19-12-14-20(15-13-19)25-24-17-16-22(5-2)6-3/h1,7-15,23H,5-6,16-17H2,2-3H3.